The monoisotopic (exact) mass is 307 g/mol. The quantitative estimate of drug-likeness (QED) is 0.620. The lowest BCUT2D eigenvalue weighted by Crippen LogP contribution is -2.33. The summed E-state index contributed by atoms with van der Waals surface area (Å²) in [5.74, 6) is 0.181. The first-order chi connectivity index (χ1) is 10.7. The predicted octanol–water partition coefficient (Wildman–Crippen LogP) is 4.28. The van der Waals surface area contributed by atoms with E-state index >= 15 is 0 Å². The summed E-state index contributed by atoms with van der Waals surface area (Å²) in [6, 6.07) is 0. The Bertz CT molecular complexity index is 428. The number of carbonyl (C=O) groups excluding carboxylic acids is 1. The Morgan fingerprint density at radius 1 is 1.18 bits per heavy atom. The number of aryl methyl sites for hydroxylation is 1. The zero-order valence-electron chi connectivity index (χ0n) is 14.8. The van der Waals surface area contributed by atoms with Crippen LogP contribution in [0.2, 0.25) is 0 Å². The smallest absolute Gasteiger partial charge is 0.231 e. The average Bonchev–Trinajstić information content (AvgIpc) is 3.00. The normalized spacial score (nSPS) is 12.4. The zero-order chi connectivity index (χ0) is 16.4. The first-order valence-corrected chi connectivity index (χ1v) is 8.92. The number of aromatic nitrogens is 2. The van der Waals surface area contributed by atoms with Crippen LogP contribution >= 0.6 is 0 Å². The van der Waals surface area contributed by atoms with Crippen molar-refractivity contribution in [2.75, 3.05) is 13.6 Å². The van der Waals surface area contributed by atoms with Crippen LogP contribution < -0.4 is 0 Å². The summed E-state index contributed by atoms with van der Waals surface area (Å²) in [6.45, 7) is 7.33. The molecule has 0 aliphatic rings. The highest BCUT2D eigenvalue weighted by molar-refractivity contribution is 5.83. The van der Waals surface area contributed by atoms with Gasteiger partial charge in [-0.25, -0.2) is 0 Å². The molecule has 1 N–H and O–H groups in total. The largest absolute Gasteiger partial charge is 0.345 e. The number of amides is 1. The SMILES string of the molecule is CCCCCCC(C(=O)N(C)CCCC)c1[nH]ncc1CC. The molecule has 0 fully saturated rings. The average molecular weight is 307 g/mol. The van der Waals surface area contributed by atoms with Gasteiger partial charge in [-0.1, -0.05) is 52.9 Å². The standard InChI is InChI=1S/C18H33N3O/c1-5-8-10-11-12-16(17-15(7-3)14-19-20-17)18(22)21(4)13-9-6-2/h14,16H,5-13H2,1-4H3,(H,19,20). The molecule has 126 valence electrons. The van der Waals surface area contributed by atoms with Crippen molar-refractivity contribution in [1.29, 1.82) is 0 Å². The fourth-order valence-electron chi connectivity index (χ4n) is 2.84. The van der Waals surface area contributed by atoms with E-state index in [4.69, 9.17) is 0 Å². The summed E-state index contributed by atoms with van der Waals surface area (Å²) in [4.78, 5) is 14.8. The number of nitrogens with one attached hydrogen (secondary N) is 1. The van der Waals surface area contributed by atoms with Gasteiger partial charge in [-0.2, -0.15) is 5.10 Å². The van der Waals surface area contributed by atoms with E-state index in [1.807, 2.05) is 18.1 Å². The van der Waals surface area contributed by atoms with Crippen molar-refractivity contribution in [3.8, 4) is 0 Å². The molecule has 0 bridgehead atoms. The predicted molar refractivity (Wildman–Crippen MR) is 92.0 cm³/mol. The zero-order valence-corrected chi connectivity index (χ0v) is 14.8. The highest BCUT2D eigenvalue weighted by Crippen LogP contribution is 2.26. The Kier molecular flexibility index (Phi) is 8.86. The third-order valence-corrected chi connectivity index (χ3v) is 4.35. The molecule has 0 aromatic carbocycles. The molecule has 0 saturated carbocycles. The van der Waals surface area contributed by atoms with Crippen LogP contribution in [-0.4, -0.2) is 34.6 Å². The number of likely N-dealkylation sites (N-methyl/N-ethyl adjacent to an activating group) is 1. The summed E-state index contributed by atoms with van der Waals surface area (Å²) in [5.41, 5.74) is 2.21. The van der Waals surface area contributed by atoms with E-state index in [0.29, 0.717) is 0 Å². The van der Waals surface area contributed by atoms with Crippen LogP contribution in [0.5, 0.6) is 0 Å². The fourth-order valence-corrected chi connectivity index (χ4v) is 2.84. The number of aromatic amines is 1. The molecule has 1 heterocycles. The van der Waals surface area contributed by atoms with Crippen molar-refractivity contribution in [1.82, 2.24) is 15.1 Å². The molecule has 0 spiro atoms. The Morgan fingerprint density at radius 2 is 1.91 bits per heavy atom. The topological polar surface area (TPSA) is 49.0 Å². The van der Waals surface area contributed by atoms with E-state index in [9.17, 15) is 4.79 Å². The Hall–Kier alpha value is -1.32. The van der Waals surface area contributed by atoms with Crippen molar-refractivity contribution in [2.45, 2.75) is 78.1 Å². The first kappa shape index (κ1) is 18.7. The third-order valence-electron chi connectivity index (χ3n) is 4.35. The van der Waals surface area contributed by atoms with Gasteiger partial charge in [0.1, 0.15) is 0 Å². The summed E-state index contributed by atoms with van der Waals surface area (Å²) in [7, 11) is 1.93. The van der Waals surface area contributed by atoms with Crippen molar-refractivity contribution in [3.05, 3.63) is 17.5 Å². The number of hydrogen-bond acceptors (Lipinski definition) is 2. The minimum Gasteiger partial charge on any atom is -0.345 e. The second-order valence-corrected chi connectivity index (χ2v) is 6.18. The van der Waals surface area contributed by atoms with Crippen LogP contribution in [0.25, 0.3) is 0 Å². The summed E-state index contributed by atoms with van der Waals surface area (Å²) in [5, 5.41) is 7.26. The van der Waals surface area contributed by atoms with E-state index in [2.05, 4.69) is 31.0 Å². The third kappa shape index (κ3) is 5.47. The van der Waals surface area contributed by atoms with Gasteiger partial charge in [0, 0.05) is 13.6 Å². The molecule has 0 radical (unpaired) electrons. The van der Waals surface area contributed by atoms with Crippen LogP contribution in [0.1, 0.15) is 82.9 Å². The van der Waals surface area contributed by atoms with Crippen molar-refractivity contribution >= 4 is 5.91 Å². The van der Waals surface area contributed by atoms with Gasteiger partial charge >= 0.3 is 0 Å². The highest BCUT2D eigenvalue weighted by Gasteiger charge is 2.26. The molecule has 1 unspecified atom stereocenters. The molecular weight excluding hydrogens is 274 g/mol. The Morgan fingerprint density at radius 3 is 2.55 bits per heavy atom. The number of H-pyrrole nitrogens is 1. The van der Waals surface area contributed by atoms with Crippen molar-refractivity contribution in [2.24, 2.45) is 0 Å². The van der Waals surface area contributed by atoms with E-state index in [1.165, 1.54) is 24.8 Å². The minimum absolute atomic E-state index is 0.0591. The lowest BCUT2D eigenvalue weighted by Gasteiger charge is -2.24. The summed E-state index contributed by atoms with van der Waals surface area (Å²) < 4.78 is 0. The lowest BCUT2D eigenvalue weighted by atomic mass is 9.93. The van der Waals surface area contributed by atoms with E-state index in [0.717, 1.165) is 44.3 Å². The van der Waals surface area contributed by atoms with Gasteiger partial charge in [0.15, 0.2) is 0 Å². The maximum Gasteiger partial charge on any atom is 0.231 e. The fraction of sp³-hybridized carbons (Fsp3) is 0.778. The summed E-state index contributed by atoms with van der Waals surface area (Å²) >= 11 is 0. The van der Waals surface area contributed by atoms with E-state index < -0.39 is 0 Å². The van der Waals surface area contributed by atoms with Gasteiger partial charge in [0.25, 0.3) is 0 Å². The first-order valence-electron chi connectivity index (χ1n) is 8.92. The molecule has 22 heavy (non-hydrogen) atoms. The number of unbranched alkanes of at least 4 members (excludes halogenated alkanes) is 4. The van der Waals surface area contributed by atoms with Gasteiger partial charge in [-0.05, 0) is 24.8 Å². The van der Waals surface area contributed by atoms with Crippen molar-refractivity contribution < 1.29 is 4.79 Å². The van der Waals surface area contributed by atoms with Gasteiger partial charge < -0.3 is 4.90 Å². The molecule has 1 rings (SSSR count). The maximum atomic E-state index is 12.9. The molecule has 1 amide bonds. The van der Waals surface area contributed by atoms with Crippen LogP contribution in [0, 0.1) is 0 Å². The molecule has 1 aromatic heterocycles. The molecule has 1 atom stereocenters. The van der Waals surface area contributed by atoms with Gasteiger partial charge in [-0.15, -0.1) is 0 Å². The van der Waals surface area contributed by atoms with Crippen LogP contribution in [0.4, 0.5) is 0 Å². The molecule has 0 aliphatic carbocycles. The van der Waals surface area contributed by atoms with Gasteiger partial charge in [-0.3, -0.25) is 9.89 Å². The lowest BCUT2D eigenvalue weighted by molar-refractivity contribution is -0.131. The molecule has 0 aliphatic heterocycles. The second kappa shape index (κ2) is 10.4. The van der Waals surface area contributed by atoms with Crippen molar-refractivity contribution in [3.63, 3.8) is 0 Å². The summed E-state index contributed by atoms with van der Waals surface area (Å²) in [6.07, 6.45) is 10.7. The van der Waals surface area contributed by atoms with Crippen LogP contribution in [-0.2, 0) is 11.2 Å². The van der Waals surface area contributed by atoms with Crippen LogP contribution in [0.15, 0.2) is 6.20 Å². The van der Waals surface area contributed by atoms with E-state index in [1.54, 1.807) is 0 Å². The van der Waals surface area contributed by atoms with Crippen LogP contribution in [0.3, 0.4) is 0 Å². The molecule has 1 aromatic rings. The molecule has 0 saturated heterocycles. The van der Waals surface area contributed by atoms with E-state index in [-0.39, 0.29) is 11.8 Å². The highest BCUT2D eigenvalue weighted by atomic mass is 16.2. The number of rotatable bonds is 11. The maximum absolute atomic E-state index is 12.9. The molecule has 4 heteroatoms. The number of carbonyl (C=O) groups is 1. The molecule has 4 nitrogen and oxygen atoms in total. The van der Waals surface area contributed by atoms with Gasteiger partial charge in [0.2, 0.25) is 5.91 Å². The number of nitrogens with zero attached hydrogens (tertiary/aromatic N) is 2. The Balaban J connectivity index is 2.79. The number of hydrogen-bond donors (Lipinski definition) is 1. The molecular formula is C18H33N3O. The Labute approximate surface area is 135 Å². The van der Waals surface area contributed by atoms with Gasteiger partial charge in [0.05, 0.1) is 17.8 Å². The second-order valence-electron chi connectivity index (χ2n) is 6.18. The minimum atomic E-state index is -0.0591.